The van der Waals surface area contributed by atoms with E-state index in [2.05, 4.69) is 20.8 Å². The molecule has 0 bridgehead atoms. The summed E-state index contributed by atoms with van der Waals surface area (Å²) >= 11 is 0. The molecule has 0 amide bonds. The Morgan fingerprint density at radius 2 is 1.68 bits per heavy atom. The summed E-state index contributed by atoms with van der Waals surface area (Å²) in [6.07, 6.45) is 13.0. The van der Waals surface area contributed by atoms with E-state index in [0.29, 0.717) is 23.2 Å². The Hall–Kier alpha value is -0.570. The minimum atomic E-state index is -0.382. The smallest absolute Gasteiger partial charge is 0.306 e. The lowest BCUT2D eigenvalue weighted by Gasteiger charge is -2.61. The van der Waals surface area contributed by atoms with Crippen LogP contribution in [0.5, 0.6) is 0 Å². The zero-order valence-electron chi connectivity index (χ0n) is 21.1. The zero-order valence-corrected chi connectivity index (χ0v) is 21.1. The molecule has 0 radical (unpaired) electrons. The van der Waals surface area contributed by atoms with Gasteiger partial charge in [-0.05, 0) is 131 Å². The van der Waals surface area contributed by atoms with E-state index in [1.807, 2.05) is 20.8 Å². The van der Waals surface area contributed by atoms with Crippen molar-refractivity contribution in [3.05, 3.63) is 0 Å². The van der Waals surface area contributed by atoms with Crippen LogP contribution in [0.25, 0.3) is 0 Å². The highest BCUT2D eigenvalue weighted by molar-refractivity contribution is 5.69. The Bertz CT molecular complexity index is 666. The van der Waals surface area contributed by atoms with Gasteiger partial charge in [-0.3, -0.25) is 4.79 Å². The molecule has 31 heavy (non-hydrogen) atoms. The molecule has 4 aliphatic carbocycles. The van der Waals surface area contributed by atoms with Crippen LogP contribution in [0, 0.1) is 46.3 Å². The highest BCUT2D eigenvalue weighted by Gasteiger charge is 2.60. The third-order valence-corrected chi connectivity index (χ3v) is 10.6. The van der Waals surface area contributed by atoms with Crippen molar-refractivity contribution in [2.45, 2.75) is 124 Å². The Morgan fingerprint density at radius 1 is 1.00 bits per heavy atom. The lowest BCUT2D eigenvalue weighted by atomic mass is 9.44. The number of hydrogen-bond acceptors (Lipinski definition) is 3. The Kier molecular flexibility index (Phi) is 6.34. The molecule has 0 saturated heterocycles. The molecule has 0 aromatic heterocycles. The fourth-order valence-corrected chi connectivity index (χ4v) is 9.15. The van der Waals surface area contributed by atoms with Gasteiger partial charge in [0.1, 0.15) is 5.60 Å². The van der Waals surface area contributed by atoms with Gasteiger partial charge < -0.3 is 9.84 Å². The fourth-order valence-electron chi connectivity index (χ4n) is 9.15. The molecule has 3 nitrogen and oxygen atoms in total. The minimum absolute atomic E-state index is 0.0338. The van der Waals surface area contributed by atoms with Gasteiger partial charge in [0.2, 0.25) is 0 Å². The van der Waals surface area contributed by atoms with Gasteiger partial charge in [0.25, 0.3) is 0 Å². The molecule has 4 rings (SSSR count). The van der Waals surface area contributed by atoms with Crippen LogP contribution >= 0.6 is 0 Å². The maximum absolute atomic E-state index is 12.3. The maximum Gasteiger partial charge on any atom is 0.306 e. The molecule has 4 aliphatic rings. The summed E-state index contributed by atoms with van der Waals surface area (Å²) in [4.78, 5) is 12.3. The van der Waals surface area contributed by atoms with Crippen LogP contribution in [0.3, 0.4) is 0 Å². The summed E-state index contributed by atoms with van der Waals surface area (Å²) in [6.45, 7) is 13.5. The highest BCUT2D eigenvalue weighted by Crippen LogP contribution is 2.68. The van der Waals surface area contributed by atoms with E-state index in [4.69, 9.17) is 4.74 Å². The van der Waals surface area contributed by atoms with Crippen LogP contribution in [-0.4, -0.2) is 22.8 Å². The predicted molar refractivity (Wildman–Crippen MR) is 125 cm³/mol. The van der Waals surface area contributed by atoms with E-state index in [9.17, 15) is 9.90 Å². The van der Waals surface area contributed by atoms with E-state index in [1.54, 1.807) is 0 Å². The number of rotatable bonds is 4. The van der Waals surface area contributed by atoms with Crippen molar-refractivity contribution >= 4 is 5.97 Å². The van der Waals surface area contributed by atoms with Crippen molar-refractivity contribution in [3.8, 4) is 0 Å². The van der Waals surface area contributed by atoms with E-state index >= 15 is 0 Å². The van der Waals surface area contributed by atoms with E-state index in [-0.39, 0.29) is 17.7 Å². The second kappa shape index (κ2) is 8.33. The molecule has 1 N–H and O–H groups in total. The first-order valence-corrected chi connectivity index (χ1v) is 13.3. The van der Waals surface area contributed by atoms with Gasteiger partial charge in [0.05, 0.1) is 6.10 Å². The standard InChI is InChI=1S/C28H48O3/c1-18(7-12-25(30)31-26(2,3)4)22-10-11-23-21-9-8-19-17-20(29)13-15-27(19,5)24(21)14-16-28(22,23)6/h18-24,29H,7-17H2,1-6H3. The quantitative estimate of drug-likeness (QED) is 0.499. The van der Waals surface area contributed by atoms with Gasteiger partial charge in [0.15, 0.2) is 0 Å². The van der Waals surface area contributed by atoms with Gasteiger partial charge >= 0.3 is 5.97 Å². The number of aliphatic hydroxyl groups is 1. The van der Waals surface area contributed by atoms with Crippen LogP contribution in [0.1, 0.15) is 112 Å². The van der Waals surface area contributed by atoms with Gasteiger partial charge in [0, 0.05) is 6.42 Å². The number of hydrogen-bond donors (Lipinski definition) is 1. The average molecular weight is 433 g/mol. The molecular formula is C28H48O3. The first-order valence-electron chi connectivity index (χ1n) is 13.3. The van der Waals surface area contributed by atoms with Crippen molar-refractivity contribution in [3.63, 3.8) is 0 Å². The molecule has 0 aromatic carbocycles. The van der Waals surface area contributed by atoms with Crippen molar-refractivity contribution in [1.29, 1.82) is 0 Å². The first kappa shape index (κ1) is 23.6. The normalized spacial score (nSPS) is 45.9. The van der Waals surface area contributed by atoms with E-state index in [0.717, 1.165) is 48.9 Å². The van der Waals surface area contributed by atoms with Gasteiger partial charge in [-0.25, -0.2) is 0 Å². The summed E-state index contributed by atoms with van der Waals surface area (Å²) in [5.41, 5.74) is 0.531. The lowest BCUT2D eigenvalue weighted by Crippen LogP contribution is -2.54. The van der Waals surface area contributed by atoms with Crippen molar-refractivity contribution in [1.82, 2.24) is 0 Å². The van der Waals surface area contributed by atoms with Crippen molar-refractivity contribution in [2.75, 3.05) is 0 Å². The minimum Gasteiger partial charge on any atom is -0.460 e. The monoisotopic (exact) mass is 432 g/mol. The zero-order chi connectivity index (χ0) is 22.6. The molecule has 3 heteroatoms. The van der Waals surface area contributed by atoms with Crippen molar-refractivity contribution in [2.24, 2.45) is 46.3 Å². The molecule has 178 valence electrons. The number of carbonyl (C=O) groups excluding carboxylic acids is 1. The second-order valence-corrected chi connectivity index (χ2v) is 13.4. The Morgan fingerprint density at radius 3 is 2.39 bits per heavy atom. The summed E-state index contributed by atoms with van der Waals surface area (Å²) < 4.78 is 5.57. The van der Waals surface area contributed by atoms with Crippen LogP contribution in [0.15, 0.2) is 0 Å². The third-order valence-electron chi connectivity index (χ3n) is 10.6. The van der Waals surface area contributed by atoms with Gasteiger partial charge in [-0.15, -0.1) is 0 Å². The number of carbonyl (C=O) groups is 1. The molecule has 4 saturated carbocycles. The topological polar surface area (TPSA) is 46.5 Å². The number of esters is 1. The summed E-state index contributed by atoms with van der Waals surface area (Å²) in [7, 11) is 0. The number of fused-ring (bicyclic) bond motifs is 5. The fraction of sp³-hybridized carbons (Fsp3) is 0.964. The number of ether oxygens (including phenoxy) is 1. The summed E-state index contributed by atoms with van der Waals surface area (Å²) in [6, 6.07) is 0. The van der Waals surface area contributed by atoms with Crippen LogP contribution in [0.4, 0.5) is 0 Å². The molecular weight excluding hydrogens is 384 g/mol. The second-order valence-electron chi connectivity index (χ2n) is 13.4. The molecule has 4 fully saturated rings. The van der Waals surface area contributed by atoms with Gasteiger partial charge in [-0.2, -0.15) is 0 Å². The van der Waals surface area contributed by atoms with E-state index in [1.165, 1.54) is 44.9 Å². The van der Waals surface area contributed by atoms with E-state index < -0.39 is 0 Å². The molecule has 0 spiro atoms. The average Bonchev–Trinajstić information content (AvgIpc) is 3.02. The third kappa shape index (κ3) is 4.34. The summed E-state index contributed by atoms with van der Waals surface area (Å²) in [5.74, 6) is 4.67. The molecule has 0 heterocycles. The van der Waals surface area contributed by atoms with Gasteiger partial charge in [-0.1, -0.05) is 20.8 Å². The Balaban J connectivity index is 1.42. The lowest BCUT2D eigenvalue weighted by molar-refractivity contribution is -0.155. The first-order chi connectivity index (χ1) is 14.4. The van der Waals surface area contributed by atoms with Crippen LogP contribution in [-0.2, 0) is 9.53 Å². The molecule has 9 atom stereocenters. The number of aliphatic hydroxyl groups excluding tert-OH is 1. The Labute approximate surface area is 191 Å². The molecule has 9 unspecified atom stereocenters. The SMILES string of the molecule is CC(CCC(=O)OC(C)(C)C)C1CCC2C3CCC4CC(O)CCC4(C)C3CCC12C. The molecule has 0 aromatic rings. The maximum atomic E-state index is 12.3. The molecule has 0 aliphatic heterocycles. The highest BCUT2D eigenvalue weighted by atomic mass is 16.6. The largest absolute Gasteiger partial charge is 0.460 e. The van der Waals surface area contributed by atoms with Crippen molar-refractivity contribution < 1.29 is 14.6 Å². The predicted octanol–water partition coefficient (Wildman–Crippen LogP) is 6.76. The van der Waals surface area contributed by atoms with Crippen LogP contribution < -0.4 is 0 Å². The van der Waals surface area contributed by atoms with Crippen LogP contribution in [0.2, 0.25) is 0 Å². The summed E-state index contributed by atoms with van der Waals surface area (Å²) in [5, 5.41) is 10.3.